The van der Waals surface area contributed by atoms with Gasteiger partial charge >= 0.3 is 6.03 Å². The van der Waals surface area contributed by atoms with Crippen LogP contribution in [-0.2, 0) is 0 Å². The number of urea groups is 1. The highest BCUT2D eigenvalue weighted by Crippen LogP contribution is 2.24. The van der Waals surface area contributed by atoms with E-state index in [1.54, 1.807) is 6.07 Å². The highest BCUT2D eigenvalue weighted by molar-refractivity contribution is 5.89. The van der Waals surface area contributed by atoms with Gasteiger partial charge in [-0.25, -0.2) is 4.79 Å². The minimum atomic E-state index is -0.349. The van der Waals surface area contributed by atoms with Crippen molar-refractivity contribution in [2.24, 2.45) is 0 Å². The molecule has 5 nitrogen and oxygen atoms in total. The van der Waals surface area contributed by atoms with Crippen molar-refractivity contribution in [2.45, 2.75) is 0 Å². The van der Waals surface area contributed by atoms with E-state index < -0.39 is 0 Å². The van der Waals surface area contributed by atoms with Crippen LogP contribution in [0.25, 0.3) is 0 Å². The van der Waals surface area contributed by atoms with E-state index in [1.807, 2.05) is 0 Å². The number of phenols is 1. The fourth-order valence-corrected chi connectivity index (χ4v) is 0.967. The molecule has 0 saturated carbocycles. The summed E-state index contributed by atoms with van der Waals surface area (Å²) >= 11 is 0. The van der Waals surface area contributed by atoms with Gasteiger partial charge in [-0.2, -0.15) is 0 Å². The summed E-state index contributed by atoms with van der Waals surface area (Å²) in [6, 6.07) is 4.14. The molecule has 3 N–H and O–H groups in total. The minimum absolute atomic E-state index is 0.0377. The molecule has 0 radical (unpaired) electrons. The summed E-state index contributed by atoms with van der Waals surface area (Å²) in [5.74, 6) is 0.521. The van der Waals surface area contributed by atoms with Crippen molar-refractivity contribution in [2.75, 3.05) is 19.5 Å². The second-order valence-corrected chi connectivity index (χ2v) is 2.62. The summed E-state index contributed by atoms with van der Waals surface area (Å²) in [6.07, 6.45) is 0. The summed E-state index contributed by atoms with van der Waals surface area (Å²) in [5, 5.41) is 14.2. The minimum Gasteiger partial charge on any atom is -0.508 e. The molecule has 0 spiro atoms. The molecule has 1 rings (SSSR count). The zero-order chi connectivity index (χ0) is 10.6. The van der Waals surface area contributed by atoms with E-state index in [1.165, 1.54) is 26.3 Å². The number of carbonyl (C=O) groups is 1. The van der Waals surface area contributed by atoms with Gasteiger partial charge in [0, 0.05) is 30.9 Å². The van der Waals surface area contributed by atoms with Gasteiger partial charge in [-0.1, -0.05) is 0 Å². The number of rotatable bonds is 2. The van der Waals surface area contributed by atoms with Gasteiger partial charge in [-0.15, -0.1) is 0 Å². The molecule has 0 atom stereocenters. The molecule has 0 fully saturated rings. The fourth-order valence-electron chi connectivity index (χ4n) is 0.967. The number of carbonyl (C=O) groups excluding carboxylic acids is 1. The Balaban J connectivity index is 2.86. The summed E-state index contributed by atoms with van der Waals surface area (Å²) in [5.41, 5.74) is 0.473. The second-order valence-electron chi connectivity index (χ2n) is 2.62. The number of phenolic OH excluding ortho intramolecular Hbond substituents is 1. The molecule has 2 amide bonds. The van der Waals surface area contributed by atoms with Crippen molar-refractivity contribution in [3.63, 3.8) is 0 Å². The lowest BCUT2D eigenvalue weighted by Gasteiger charge is -2.07. The number of benzene rings is 1. The van der Waals surface area contributed by atoms with Crippen LogP contribution in [-0.4, -0.2) is 25.3 Å². The Morgan fingerprint density at radius 2 is 2.14 bits per heavy atom. The fraction of sp³-hybridized carbons (Fsp3) is 0.222. The number of amides is 2. The van der Waals surface area contributed by atoms with Crippen molar-refractivity contribution in [3.05, 3.63) is 18.2 Å². The van der Waals surface area contributed by atoms with Crippen LogP contribution < -0.4 is 15.4 Å². The molecule has 0 unspecified atom stereocenters. The van der Waals surface area contributed by atoms with Crippen molar-refractivity contribution in [1.29, 1.82) is 0 Å². The second kappa shape index (κ2) is 4.36. The first-order valence-electron chi connectivity index (χ1n) is 4.02. The summed E-state index contributed by atoms with van der Waals surface area (Å²) < 4.78 is 4.92. The number of methoxy groups -OCH3 is 1. The van der Waals surface area contributed by atoms with Crippen LogP contribution in [0.2, 0.25) is 0 Å². The lowest BCUT2D eigenvalue weighted by Crippen LogP contribution is -2.24. The zero-order valence-electron chi connectivity index (χ0n) is 8.00. The molecule has 0 aliphatic rings. The molecule has 0 aliphatic carbocycles. The summed E-state index contributed by atoms with van der Waals surface area (Å²) in [4.78, 5) is 10.9. The van der Waals surface area contributed by atoms with Gasteiger partial charge in [-0.05, 0) is 0 Å². The maximum Gasteiger partial charge on any atom is 0.318 e. The average Bonchev–Trinajstić information content (AvgIpc) is 2.16. The molecular formula is C9H12N2O3. The monoisotopic (exact) mass is 196 g/mol. The third-order valence-corrected chi connectivity index (χ3v) is 1.61. The zero-order valence-corrected chi connectivity index (χ0v) is 8.00. The Kier molecular flexibility index (Phi) is 3.17. The molecule has 0 aromatic heterocycles. The lowest BCUT2D eigenvalue weighted by atomic mass is 10.3. The van der Waals surface area contributed by atoms with Gasteiger partial charge < -0.3 is 20.5 Å². The molecule has 1 aromatic rings. The quantitative estimate of drug-likeness (QED) is 0.664. The van der Waals surface area contributed by atoms with Crippen molar-refractivity contribution in [3.8, 4) is 11.5 Å². The summed E-state index contributed by atoms with van der Waals surface area (Å²) in [6.45, 7) is 0. The molecule has 0 aliphatic heterocycles. The average molecular weight is 196 g/mol. The normalized spacial score (nSPS) is 9.29. The highest BCUT2D eigenvalue weighted by atomic mass is 16.5. The molecule has 5 heteroatoms. The Labute approximate surface area is 81.7 Å². The van der Waals surface area contributed by atoms with E-state index in [0.29, 0.717) is 11.4 Å². The van der Waals surface area contributed by atoms with Gasteiger partial charge in [0.2, 0.25) is 0 Å². The topological polar surface area (TPSA) is 70.6 Å². The standard InChI is InChI=1S/C9H12N2O3/c1-10-9(13)11-6-3-7(12)5-8(4-6)14-2/h3-5,12H,1-2H3,(H2,10,11,13). The number of anilines is 1. The van der Waals surface area contributed by atoms with Gasteiger partial charge in [0.25, 0.3) is 0 Å². The van der Waals surface area contributed by atoms with Crippen molar-refractivity contribution in [1.82, 2.24) is 5.32 Å². The molecule has 76 valence electrons. The third-order valence-electron chi connectivity index (χ3n) is 1.61. The van der Waals surface area contributed by atoms with E-state index in [2.05, 4.69) is 10.6 Å². The smallest absolute Gasteiger partial charge is 0.318 e. The van der Waals surface area contributed by atoms with E-state index in [0.717, 1.165) is 0 Å². The molecule has 0 bridgehead atoms. The number of nitrogens with one attached hydrogen (secondary N) is 2. The highest BCUT2D eigenvalue weighted by Gasteiger charge is 2.02. The molecular weight excluding hydrogens is 184 g/mol. The SMILES string of the molecule is CNC(=O)Nc1cc(O)cc(OC)c1. The first-order valence-corrected chi connectivity index (χ1v) is 4.02. The first-order chi connectivity index (χ1) is 6.65. The van der Waals surface area contributed by atoms with E-state index in [9.17, 15) is 9.90 Å². The maximum absolute atomic E-state index is 10.9. The Bertz CT molecular complexity index is 339. The number of hydrogen-bond acceptors (Lipinski definition) is 3. The molecule has 0 heterocycles. The maximum atomic E-state index is 10.9. The van der Waals surface area contributed by atoms with Crippen LogP contribution in [0.5, 0.6) is 11.5 Å². The summed E-state index contributed by atoms with van der Waals surface area (Å²) in [7, 11) is 2.99. The van der Waals surface area contributed by atoms with Crippen LogP contribution in [0.15, 0.2) is 18.2 Å². The van der Waals surface area contributed by atoms with Crippen LogP contribution in [0.3, 0.4) is 0 Å². The van der Waals surface area contributed by atoms with Gasteiger partial charge in [0.1, 0.15) is 11.5 Å². The van der Waals surface area contributed by atoms with E-state index in [-0.39, 0.29) is 11.8 Å². The Morgan fingerprint density at radius 3 is 2.71 bits per heavy atom. The predicted octanol–water partition coefficient (Wildman–Crippen LogP) is 1.15. The van der Waals surface area contributed by atoms with Crippen molar-refractivity contribution < 1.29 is 14.6 Å². The largest absolute Gasteiger partial charge is 0.508 e. The molecule has 0 saturated heterocycles. The molecule has 14 heavy (non-hydrogen) atoms. The number of aromatic hydroxyl groups is 1. The van der Waals surface area contributed by atoms with Crippen LogP contribution in [0, 0.1) is 0 Å². The van der Waals surface area contributed by atoms with Gasteiger partial charge in [0.15, 0.2) is 0 Å². The van der Waals surface area contributed by atoms with Crippen LogP contribution in [0.1, 0.15) is 0 Å². The lowest BCUT2D eigenvalue weighted by molar-refractivity contribution is 0.254. The number of ether oxygens (including phenoxy) is 1. The van der Waals surface area contributed by atoms with Crippen molar-refractivity contribution >= 4 is 11.7 Å². The van der Waals surface area contributed by atoms with E-state index >= 15 is 0 Å². The van der Waals surface area contributed by atoms with Gasteiger partial charge in [0.05, 0.1) is 7.11 Å². The Hall–Kier alpha value is -1.91. The van der Waals surface area contributed by atoms with E-state index in [4.69, 9.17) is 4.74 Å². The first kappa shape index (κ1) is 10.2. The number of hydrogen-bond donors (Lipinski definition) is 3. The van der Waals surface area contributed by atoms with Crippen LogP contribution >= 0.6 is 0 Å². The van der Waals surface area contributed by atoms with Gasteiger partial charge in [-0.3, -0.25) is 0 Å². The van der Waals surface area contributed by atoms with Crippen LogP contribution in [0.4, 0.5) is 10.5 Å². The Morgan fingerprint density at radius 1 is 1.43 bits per heavy atom. The predicted molar refractivity (Wildman–Crippen MR) is 52.7 cm³/mol. The molecule has 1 aromatic carbocycles. The third kappa shape index (κ3) is 2.55.